The molecule has 0 fully saturated rings. The van der Waals surface area contributed by atoms with Crippen LogP contribution >= 0.6 is 23.2 Å². The molecule has 0 unspecified atom stereocenters. The fourth-order valence-electron chi connectivity index (χ4n) is 1.96. The zero-order chi connectivity index (χ0) is 19.3. The number of rotatable bonds is 6. The number of hydrogen-bond donors (Lipinski definition) is 4. The van der Waals surface area contributed by atoms with Crippen LogP contribution in [0, 0.1) is 0 Å². The number of sulfonamides is 1. The minimum atomic E-state index is -3.96. The Morgan fingerprint density at radius 3 is 2.42 bits per heavy atom. The number of benzene rings is 2. The predicted molar refractivity (Wildman–Crippen MR) is 103 cm³/mol. The second-order valence-electron chi connectivity index (χ2n) is 4.97. The summed E-state index contributed by atoms with van der Waals surface area (Å²) >= 11 is 11.9. The number of hydrogen-bond acceptors (Lipinski definition) is 4. The van der Waals surface area contributed by atoms with E-state index in [-0.39, 0.29) is 32.9 Å². The molecule has 0 bridgehead atoms. The lowest BCUT2D eigenvalue weighted by atomic mass is 10.3. The Morgan fingerprint density at radius 1 is 1.12 bits per heavy atom. The highest BCUT2D eigenvalue weighted by atomic mass is 35.5. The van der Waals surface area contributed by atoms with Crippen LogP contribution in [0.4, 0.5) is 16.2 Å². The van der Waals surface area contributed by atoms with Crippen molar-refractivity contribution in [1.29, 1.82) is 0 Å². The number of amides is 2. The van der Waals surface area contributed by atoms with Crippen molar-refractivity contribution < 1.29 is 18.3 Å². The maximum atomic E-state index is 12.1. The number of phenols is 1. The number of phenolic OH excluding ortho intramolecular Hbond substituents is 1. The molecule has 0 saturated heterocycles. The van der Waals surface area contributed by atoms with Crippen molar-refractivity contribution in [2.24, 2.45) is 0 Å². The number of carbonyl (C=O) groups is 1. The SMILES string of the molecule is C=CCNS(=O)(=O)c1cccc(NC(=O)Nc2cccc(Cl)c2Cl)c1O. The van der Waals surface area contributed by atoms with Crippen LogP contribution in [-0.2, 0) is 10.0 Å². The molecule has 2 aromatic carbocycles. The van der Waals surface area contributed by atoms with E-state index in [0.29, 0.717) is 0 Å². The van der Waals surface area contributed by atoms with Crippen molar-refractivity contribution >= 4 is 50.6 Å². The third-order valence-electron chi connectivity index (χ3n) is 3.15. The van der Waals surface area contributed by atoms with Gasteiger partial charge >= 0.3 is 6.03 Å². The van der Waals surface area contributed by atoms with Gasteiger partial charge in [-0.05, 0) is 24.3 Å². The molecule has 26 heavy (non-hydrogen) atoms. The van der Waals surface area contributed by atoms with E-state index in [9.17, 15) is 18.3 Å². The predicted octanol–water partition coefficient (Wildman–Crippen LogP) is 3.81. The van der Waals surface area contributed by atoms with Gasteiger partial charge in [-0.3, -0.25) is 0 Å². The van der Waals surface area contributed by atoms with Crippen molar-refractivity contribution in [3.8, 4) is 5.75 Å². The number of nitrogens with one attached hydrogen (secondary N) is 3. The van der Waals surface area contributed by atoms with E-state index in [1.807, 2.05) is 0 Å². The minimum absolute atomic E-state index is 0.00676. The van der Waals surface area contributed by atoms with Gasteiger partial charge in [0.25, 0.3) is 0 Å². The van der Waals surface area contributed by atoms with Gasteiger partial charge in [0.1, 0.15) is 4.90 Å². The number of halogens is 2. The average Bonchev–Trinajstić information content (AvgIpc) is 2.59. The van der Waals surface area contributed by atoms with Crippen molar-refractivity contribution in [3.05, 3.63) is 59.1 Å². The Kier molecular flexibility index (Phi) is 6.49. The molecule has 0 aliphatic heterocycles. The summed E-state index contributed by atoms with van der Waals surface area (Å²) in [7, 11) is -3.96. The molecule has 0 aromatic heterocycles. The Labute approximate surface area is 160 Å². The van der Waals surface area contributed by atoms with E-state index in [0.717, 1.165) is 0 Å². The molecule has 4 N–H and O–H groups in total. The lowest BCUT2D eigenvalue weighted by molar-refractivity contribution is 0.262. The summed E-state index contributed by atoms with van der Waals surface area (Å²) in [5, 5.41) is 15.4. The number of carbonyl (C=O) groups excluding carboxylic acids is 1. The second-order valence-corrected chi connectivity index (χ2v) is 7.49. The second kappa shape index (κ2) is 8.41. The van der Waals surface area contributed by atoms with Crippen LogP contribution in [0.1, 0.15) is 0 Å². The topological polar surface area (TPSA) is 108 Å². The molecular weight excluding hydrogens is 401 g/mol. The summed E-state index contributed by atoms with van der Waals surface area (Å²) in [4.78, 5) is 11.7. The van der Waals surface area contributed by atoms with E-state index in [1.165, 1.54) is 30.3 Å². The molecule has 0 saturated carbocycles. The molecule has 0 aliphatic carbocycles. The summed E-state index contributed by atoms with van der Waals surface area (Å²) in [6.45, 7) is 3.41. The Bertz CT molecular complexity index is 949. The molecule has 2 rings (SSSR count). The summed E-state index contributed by atoms with van der Waals surface area (Å²) in [5.41, 5.74) is 0.162. The van der Waals surface area contributed by atoms with Gasteiger partial charge in [-0.25, -0.2) is 17.9 Å². The molecule has 2 amide bonds. The standard InChI is InChI=1S/C16H15Cl2N3O4S/c1-2-9-19-26(24,25)13-8-4-7-12(15(13)22)21-16(23)20-11-6-3-5-10(17)14(11)18/h2-8,19,22H,1,9H2,(H2,20,21,23). The maximum absolute atomic E-state index is 12.1. The van der Waals surface area contributed by atoms with Crippen molar-refractivity contribution in [3.63, 3.8) is 0 Å². The molecule has 0 heterocycles. The maximum Gasteiger partial charge on any atom is 0.323 e. The van der Waals surface area contributed by atoms with Gasteiger partial charge in [0.05, 0.1) is 21.4 Å². The van der Waals surface area contributed by atoms with Crippen molar-refractivity contribution in [1.82, 2.24) is 4.72 Å². The minimum Gasteiger partial charge on any atom is -0.504 e. The van der Waals surface area contributed by atoms with E-state index in [1.54, 1.807) is 12.1 Å². The molecule has 7 nitrogen and oxygen atoms in total. The van der Waals surface area contributed by atoms with E-state index in [4.69, 9.17) is 23.2 Å². The van der Waals surface area contributed by atoms with E-state index in [2.05, 4.69) is 21.9 Å². The lowest BCUT2D eigenvalue weighted by Crippen LogP contribution is -2.24. The molecule has 0 aliphatic rings. The molecule has 10 heteroatoms. The van der Waals surface area contributed by atoms with Gasteiger partial charge in [0.15, 0.2) is 5.75 Å². The largest absolute Gasteiger partial charge is 0.504 e. The fourth-order valence-corrected chi connectivity index (χ4v) is 3.43. The number of aromatic hydroxyl groups is 1. The molecule has 0 radical (unpaired) electrons. The van der Waals surface area contributed by atoms with Gasteiger partial charge in [-0.2, -0.15) is 0 Å². The van der Waals surface area contributed by atoms with Crippen LogP contribution in [0.15, 0.2) is 53.9 Å². The van der Waals surface area contributed by atoms with E-state index < -0.39 is 21.8 Å². The van der Waals surface area contributed by atoms with Crippen LogP contribution < -0.4 is 15.4 Å². The Hall–Kier alpha value is -2.26. The molecule has 138 valence electrons. The first-order valence-corrected chi connectivity index (χ1v) is 9.44. The van der Waals surface area contributed by atoms with Crippen LogP contribution in [0.2, 0.25) is 10.0 Å². The quantitative estimate of drug-likeness (QED) is 0.424. The lowest BCUT2D eigenvalue weighted by Gasteiger charge is -2.13. The third kappa shape index (κ3) is 4.67. The zero-order valence-electron chi connectivity index (χ0n) is 13.3. The first-order valence-electron chi connectivity index (χ1n) is 7.21. The zero-order valence-corrected chi connectivity index (χ0v) is 15.6. The van der Waals surface area contributed by atoms with Gasteiger partial charge < -0.3 is 15.7 Å². The number of anilines is 2. The van der Waals surface area contributed by atoms with Crippen molar-refractivity contribution in [2.75, 3.05) is 17.2 Å². The first kappa shape index (κ1) is 20.1. The van der Waals surface area contributed by atoms with Gasteiger partial charge in [0, 0.05) is 6.54 Å². The Morgan fingerprint density at radius 2 is 1.73 bits per heavy atom. The molecule has 2 aromatic rings. The normalized spacial score (nSPS) is 11.0. The fraction of sp³-hybridized carbons (Fsp3) is 0.0625. The monoisotopic (exact) mass is 415 g/mol. The summed E-state index contributed by atoms with van der Waals surface area (Å²) in [5.74, 6) is -0.601. The summed E-state index contributed by atoms with van der Waals surface area (Å²) in [6.07, 6.45) is 1.36. The molecular formula is C16H15Cl2N3O4S. The highest BCUT2D eigenvalue weighted by Gasteiger charge is 2.21. The van der Waals surface area contributed by atoms with Gasteiger partial charge in [-0.1, -0.05) is 41.4 Å². The van der Waals surface area contributed by atoms with Crippen LogP contribution in [-0.4, -0.2) is 26.1 Å². The smallest absolute Gasteiger partial charge is 0.323 e. The molecule has 0 spiro atoms. The van der Waals surface area contributed by atoms with Crippen LogP contribution in [0.25, 0.3) is 0 Å². The summed E-state index contributed by atoms with van der Waals surface area (Å²) < 4.78 is 26.5. The highest BCUT2D eigenvalue weighted by Crippen LogP contribution is 2.32. The Balaban J connectivity index is 2.22. The van der Waals surface area contributed by atoms with Crippen LogP contribution in [0.3, 0.4) is 0 Å². The summed E-state index contributed by atoms with van der Waals surface area (Å²) in [6, 6.07) is 7.89. The highest BCUT2D eigenvalue weighted by molar-refractivity contribution is 7.89. The first-order chi connectivity index (χ1) is 12.3. The third-order valence-corrected chi connectivity index (χ3v) is 5.43. The van der Waals surface area contributed by atoms with Crippen molar-refractivity contribution in [2.45, 2.75) is 4.90 Å². The van der Waals surface area contributed by atoms with Gasteiger partial charge in [0.2, 0.25) is 10.0 Å². The van der Waals surface area contributed by atoms with Gasteiger partial charge in [-0.15, -0.1) is 6.58 Å². The number of para-hydroxylation sites is 1. The van der Waals surface area contributed by atoms with Crippen LogP contribution in [0.5, 0.6) is 5.75 Å². The average molecular weight is 416 g/mol. The van der Waals surface area contributed by atoms with E-state index >= 15 is 0 Å². The number of urea groups is 1. The molecule has 0 atom stereocenters.